The first-order chi connectivity index (χ1) is 14.9. The van der Waals surface area contributed by atoms with Gasteiger partial charge in [-0.05, 0) is 62.2 Å². The minimum absolute atomic E-state index is 0.0965. The van der Waals surface area contributed by atoms with Crippen molar-refractivity contribution in [3.63, 3.8) is 0 Å². The number of amides is 1. The number of ether oxygens (including phenoxy) is 3. The standard InChI is InChI=1S/C22H28N2O6S/c1-16(14-28-2)24-31(26,27)21-10-8-18(9-11-21)23-22(25)17-5-3-6-19(13-17)30-15-20-7-4-12-29-20/h3,5-6,8-11,13,16,20,24H,4,7,12,14-15H2,1-2H3,(H,23,25)/t16-,20+/m0/s1. The van der Waals surface area contributed by atoms with Gasteiger partial charge in [-0.15, -0.1) is 0 Å². The maximum Gasteiger partial charge on any atom is 0.255 e. The Bertz CT molecular complexity index is 972. The Morgan fingerprint density at radius 3 is 2.68 bits per heavy atom. The molecule has 0 saturated carbocycles. The lowest BCUT2D eigenvalue weighted by Gasteiger charge is -2.14. The molecule has 0 radical (unpaired) electrons. The molecule has 3 rings (SSSR count). The van der Waals surface area contributed by atoms with Gasteiger partial charge >= 0.3 is 0 Å². The Morgan fingerprint density at radius 1 is 1.23 bits per heavy atom. The Hall–Kier alpha value is -2.46. The average Bonchev–Trinajstić information content (AvgIpc) is 3.26. The summed E-state index contributed by atoms with van der Waals surface area (Å²) in [6.45, 7) is 3.20. The van der Waals surface area contributed by atoms with E-state index >= 15 is 0 Å². The predicted octanol–water partition coefficient (Wildman–Crippen LogP) is 2.81. The van der Waals surface area contributed by atoms with Crippen LogP contribution < -0.4 is 14.8 Å². The molecule has 8 nitrogen and oxygen atoms in total. The molecule has 0 aliphatic carbocycles. The molecule has 2 aromatic rings. The van der Waals surface area contributed by atoms with E-state index in [2.05, 4.69) is 10.0 Å². The summed E-state index contributed by atoms with van der Waals surface area (Å²) in [6.07, 6.45) is 2.12. The Morgan fingerprint density at radius 2 is 2.00 bits per heavy atom. The SMILES string of the molecule is COC[C@H](C)NS(=O)(=O)c1ccc(NC(=O)c2cccc(OC[C@H]3CCCO3)c2)cc1. The van der Waals surface area contributed by atoms with Crippen LogP contribution in [0.3, 0.4) is 0 Å². The van der Waals surface area contributed by atoms with Gasteiger partial charge in [-0.1, -0.05) is 6.07 Å². The Balaban J connectivity index is 1.59. The van der Waals surface area contributed by atoms with Crippen molar-refractivity contribution in [1.29, 1.82) is 0 Å². The van der Waals surface area contributed by atoms with Crippen LogP contribution in [0.15, 0.2) is 53.4 Å². The third-order valence-corrected chi connectivity index (χ3v) is 6.36. The van der Waals surface area contributed by atoms with Gasteiger partial charge in [0.15, 0.2) is 0 Å². The van der Waals surface area contributed by atoms with Gasteiger partial charge in [0.2, 0.25) is 10.0 Å². The van der Waals surface area contributed by atoms with E-state index in [0.717, 1.165) is 19.4 Å². The first-order valence-corrected chi connectivity index (χ1v) is 11.6. The van der Waals surface area contributed by atoms with E-state index < -0.39 is 10.0 Å². The Labute approximate surface area is 182 Å². The summed E-state index contributed by atoms with van der Waals surface area (Å²) >= 11 is 0. The van der Waals surface area contributed by atoms with E-state index in [4.69, 9.17) is 14.2 Å². The van der Waals surface area contributed by atoms with Crippen LogP contribution in [-0.4, -0.2) is 53.4 Å². The second-order valence-electron chi connectivity index (χ2n) is 7.43. The number of rotatable bonds is 10. The third-order valence-electron chi connectivity index (χ3n) is 4.75. The number of methoxy groups -OCH3 is 1. The lowest BCUT2D eigenvalue weighted by Crippen LogP contribution is -2.35. The fourth-order valence-electron chi connectivity index (χ4n) is 3.23. The van der Waals surface area contributed by atoms with Crippen molar-refractivity contribution in [3.8, 4) is 5.75 Å². The van der Waals surface area contributed by atoms with Crippen LogP contribution in [0.5, 0.6) is 5.75 Å². The van der Waals surface area contributed by atoms with Crippen molar-refractivity contribution in [2.24, 2.45) is 0 Å². The molecule has 1 aliphatic rings. The second-order valence-corrected chi connectivity index (χ2v) is 9.14. The topological polar surface area (TPSA) is 103 Å². The fraction of sp³-hybridized carbons (Fsp3) is 0.409. The first kappa shape index (κ1) is 23.2. The van der Waals surface area contributed by atoms with Crippen molar-refractivity contribution in [3.05, 3.63) is 54.1 Å². The van der Waals surface area contributed by atoms with Crippen LogP contribution in [0.4, 0.5) is 5.69 Å². The number of carbonyl (C=O) groups excluding carboxylic acids is 1. The highest BCUT2D eigenvalue weighted by Gasteiger charge is 2.18. The monoisotopic (exact) mass is 448 g/mol. The molecule has 1 heterocycles. The summed E-state index contributed by atoms with van der Waals surface area (Å²) < 4.78 is 43.6. The lowest BCUT2D eigenvalue weighted by molar-refractivity contribution is 0.0679. The molecular formula is C22H28N2O6S. The van der Waals surface area contributed by atoms with E-state index in [-0.39, 0.29) is 29.6 Å². The van der Waals surface area contributed by atoms with E-state index in [1.165, 1.54) is 19.2 Å². The first-order valence-electron chi connectivity index (χ1n) is 10.1. The maximum atomic E-state index is 12.6. The van der Waals surface area contributed by atoms with E-state index in [0.29, 0.717) is 23.6 Å². The van der Waals surface area contributed by atoms with E-state index in [9.17, 15) is 13.2 Å². The molecule has 1 fully saturated rings. The molecule has 168 valence electrons. The summed E-state index contributed by atoms with van der Waals surface area (Å²) in [6, 6.07) is 12.5. The summed E-state index contributed by atoms with van der Waals surface area (Å²) in [5, 5.41) is 2.77. The van der Waals surface area contributed by atoms with Crippen LogP contribution in [-0.2, 0) is 19.5 Å². The summed E-state index contributed by atoms with van der Waals surface area (Å²) in [5.41, 5.74) is 0.927. The molecule has 0 spiro atoms. The van der Waals surface area contributed by atoms with Gasteiger partial charge in [0, 0.05) is 31.0 Å². The molecular weight excluding hydrogens is 420 g/mol. The van der Waals surface area contributed by atoms with Gasteiger partial charge in [-0.3, -0.25) is 4.79 Å². The Kier molecular flexibility index (Phi) is 8.03. The zero-order valence-corrected chi connectivity index (χ0v) is 18.5. The fourth-order valence-corrected chi connectivity index (χ4v) is 4.46. The van der Waals surface area contributed by atoms with Crippen LogP contribution in [0, 0.1) is 0 Å². The van der Waals surface area contributed by atoms with Crippen molar-refractivity contribution >= 4 is 21.6 Å². The highest BCUT2D eigenvalue weighted by molar-refractivity contribution is 7.89. The van der Waals surface area contributed by atoms with Crippen LogP contribution >= 0.6 is 0 Å². The zero-order chi connectivity index (χ0) is 22.3. The number of hydrogen-bond acceptors (Lipinski definition) is 6. The van der Waals surface area contributed by atoms with Crippen LogP contribution in [0.25, 0.3) is 0 Å². The minimum atomic E-state index is -3.67. The summed E-state index contributed by atoms with van der Waals surface area (Å²) in [7, 11) is -2.16. The average molecular weight is 449 g/mol. The molecule has 1 aliphatic heterocycles. The zero-order valence-electron chi connectivity index (χ0n) is 17.7. The molecule has 2 atom stereocenters. The lowest BCUT2D eigenvalue weighted by atomic mass is 10.2. The second kappa shape index (κ2) is 10.7. The van der Waals surface area contributed by atoms with Crippen molar-refractivity contribution < 1.29 is 27.4 Å². The third kappa shape index (κ3) is 6.76. The number of carbonyl (C=O) groups is 1. The highest BCUT2D eigenvalue weighted by atomic mass is 32.2. The maximum absolute atomic E-state index is 12.6. The van der Waals surface area contributed by atoms with Gasteiger partial charge in [0.25, 0.3) is 5.91 Å². The van der Waals surface area contributed by atoms with Gasteiger partial charge < -0.3 is 19.5 Å². The molecule has 1 saturated heterocycles. The predicted molar refractivity (Wildman–Crippen MR) is 117 cm³/mol. The van der Waals surface area contributed by atoms with Crippen molar-refractivity contribution in [1.82, 2.24) is 4.72 Å². The largest absolute Gasteiger partial charge is 0.491 e. The number of anilines is 1. The molecule has 31 heavy (non-hydrogen) atoms. The van der Waals surface area contributed by atoms with Crippen molar-refractivity contribution in [2.75, 3.05) is 32.2 Å². The molecule has 0 unspecified atom stereocenters. The number of benzene rings is 2. The van der Waals surface area contributed by atoms with E-state index in [1.807, 2.05) is 0 Å². The molecule has 2 N–H and O–H groups in total. The minimum Gasteiger partial charge on any atom is -0.491 e. The number of hydrogen-bond donors (Lipinski definition) is 2. The quantitative estimate of drug-likeness (QED) is 0.579. The molecule has 1 amide bonds. The van der Waals surface area contributed by atoms with Gasteiger partial charge in [-0.25, -0.2) is 13.1 Å². The number of sulfonamides is 1. The summed E-state index contributed by atoms with van der Waals surface area (Å²) in [5.74, 6) is 0.283. The van der Waals surface area contributed by atoms with Gasteiger partial charge in [-0.2, -0.15) is 0 Å². The van der Waals surface area contributed by atoms with Crippen LogP contribution in [0.2, 0.25) is 0 Å². The normalized spacial score (nSPS) is 17.3. The molecule has 0 aromatic heterocycles. The smallest absolute Gasteiger partial charge is 0.255 e. The van der Waals surface area contributed by atoms with Crippen molar-refractivity contribution in [2.45, 2.75) is 36.8 Å². The van der Waals surface area contributed by atoms with E-state index in [1.54, 1.807) is 43.3 Å². The molecule has 2 aromatic carbocycles. The molecule has 0 bridgehead atoms. The van der Waals surface area contributed by atoms with Crippen LogP contribution in [0.1, 0.15) is 30.1 Å². The van der Waals surface area contributed by atoms with Gasteiger partial charge in [0.05, 0.1) is 17.6 Å². The number of nitrogens with one attached hydrogen (secondary N) is 2. The summed E-state index contributed by atoms with van der Waals surface area (Å²) in [4.78, 5) is 12.7. The molecule has 9 heteroatoms. The highest BCUT2D eigenvalue weighted by Crippen LogP contribution is 2.19. The van der Waals surface area contributed by atoms with Gasteiger partial charge in [0.1, 0.15) is 12.4 Å².